The maximum atomic E-state index is 11.9. The van der Waals surface area contributed by atoms with E-state index in [-0.39, 0.29) is 17.6 Å². The van der Waals surface area contributed by atoms with Gasteiger partial charge < -0.3 is 5.73 Å². The number of carbonyl (C=O) groups is 2. The summed E-state index contributed by atoms with van der Waals surface area (Å²) in [4.78, 5) is 25.5. The van der Waals surface area contributed by atoms with E-state index in [1.54, 1.807) is 0 Å². The van der Waals surface area contributed by atoms with Crippen molar-refractivity contribution in [1.82, 2.24) is 4.90 Å². The molecule has 96 valence electrons. The second-order valence-electron chi connectivity index (χ2n) is 4.37. The van der Waals surface area contributed by atoms with Crippen molar-refractivity contribution in [2.45, 2.75) is 24.7 Å². The van der Waals surface area contributed by atoms with Crippen LogP contribution in [0, 0.1) is 6.92 Å². The molecule has 0 bridgehead atoms. The van der Waals surface area contributed by atoms with Crippen molar-refractivity contribution in [2.24, 2.45) is 0 Å². The number of nitrogens with two attached hydrogens (primary N) is 1. The maximum absolute atomic E-state index is 11.9. The van der Waals surface area contributed by atoms with E-state index in [4.69, 9.17) is 5.73 Å². The minimum absolute atomic E-state index is 0.0576. The molecule has 0 unspecified atom stereocenters. The van der Waals surface area contributed by atoms with E-state index in [1.165, 1.54) is 16.7 Å². The first-order valence-electron chi connectivity index (χ1n) is 5.90. The minimum Gasteiger partial charge on any atom is -0.398 e. The molecule has 2 N–H and O–H groups in total. The van der Waals surface area contributed by atoms with Gasteiger partial charge in [-0.1, -0.05) is 6.07 Å². The average Bonchev–Trinajstić information content (AvgIpc) is 2.76. The molecular formula is C13H16N2O2S. The zero-order chi connectivity index (χ0) is 13.1. The zero-order valence-electron chi connectivity index (χ0n) is 10.3. The van der Waals surface area contributed by atoms with Crippen LogP contribution in [-0.2, 0) is 9.59 Å². The Labute approximate surface area is 111 Å². The summed E-state index contributed by atoms with van der Waals surface area (Å²) >= 11 is 1.39. The molecule has 1 aliphatic heterocycles. The second kappa shape index (κ2) is 5.44. The molecule has 0 atom stereocenters. The quantitative estimate of drug-likeness (QED) is 0.668. The predicted octanol–water partition coefficient (Wildman–Crippen LogP) is 1.82. The van der Waals surface area contributed by atoms with Gasteiger partial charge in [-0.15, -0.1) is 11.8 Å². The Kier molecular flexibility index (Phi) is 3.91. The van der Waals surface area contributed by atoms with E-state index in [0.29, 0.717) is 18.7 Å². The summed E-state index contributed by atoms with van der Waals surface area (Å²) in [5.74, 6) is 0.0839. The molecule has 2 rings (SSSR count). The smallest absolute Gasteiger partial charge is 0.239 e. The Morgan fingerprint density at radius 1 is 1.50 bits per heavy atom. The van der Waals surface area contributed by atoms with Gasteiger partial charge in [0.05, 0.1) is 5.75 Å². The van der Waals surface area contributed by atoms with Gasteiger partial charge in [-0.2, -0.15) is 0 Å². The second-order valence-corrected chi connectivity index (χ2v) is 5.39. The Bertz CT molecular complexity index is 488. The highest BCUT2D eigenvalue weighted by atomic mass is 32.2. The SMILES string of the molecule is Cc1ccc(N)c(SCC(=O)N2CCCC2=O)c1. The molecular weight excluding hydrogens is 248 g/mol. The zero-order valence-corrected chi connectivity index (χ0v) is 11.1. The summed E-state index contributed by atoms with van der Waals surface area (Å²) in [6.07, 6.45) is 1.27. The van der Waals surface area contributed by atoms with Crippen molar-refractivity contribution in [1.29, 1.82) is 0 Å². The van der Waals surface area contributed by atoms with Gasteiger partial charge >= 0.3 is 0 Å². The van der Waals surface area contributed by atoms with Gasteiger partial charge in [-0.05, 0) is 31.0 Å². The average molecular weight is 264 g/mol. The molecule has 0 aliphatic carbocycles. The van der Waals surface area contributed by atoms with Crippen LogP contribution in [0.2, 0.25) is 0 Å². The number of amides is 2. The van der Waals surface area contributed by atoms with E-state index in [2.05, 4.69) is 0 Å². The number of thioether (sulfide) groups is 1. The fourth-order valence-corrected chi connectivity index (χ4v) is 2.83. The van der Waals surface area contributed by atoms with Crippen LogP contribution in [0.15, 0.2) is 23.1 Å². The summed E-state index contributed by atoms with van der Waals surface area (Å²) in [6.45, 7) is 2.54. The van der Waals surface area contributed by atoms with Crippen molar-refractivity contribution in [3.8, 4) is 0 Å². The number of carbonyl (C=O) groups excluding carboxylic acids is 2. The van der Waals surface area contributed by atoms with Crippen LogP contribution in [0.25, 0.3) is 0 Å². The monoisotopic (exact) mass is 264 g/mol. The molecule has 0 spiro atoms. The van der Waals surface area contributed by atoms with Crippen molar-refractivity contribution in [3.05, 3.63) is 23.8 Å². The number of imide groups is 1. The van der Waals surface area contributed by atoms with Crippen molar-refractivity contribution in [2.75, 3.05) is 18.0 Å². The van der Waals surface area contributed by atoms with Crippen LogP contribution < -0.4 is 5.73 Å². The molecule has 0 saturated carbocycles. The predicted molar refractivity (Wildman–Crippen MR) is 72.3 cm³/mol. The number of nitrogens with zero attached hydrogens (tertiary/aromatic N) is 1. The lowest BCUT2D eigenvalue weighted by Gasteiger charge is -2.13. The van der Waals surface area contributed by atoms with E-state index < -0.39 is 0 Å². The molecule has 0 aromatic heterocycles. The third-order valence-electron chi connectivity index (χ3n) is 2.89. The number of likely N-dealkylation sites (tertiary alicyclic amines) is 1. The lowest BCUT2D eigenvalue weighted by molar-refractivity contribution is -0.140. The largest absolute Gasteiger partial charge is 0.398 e. The number of benzene rings is 1. The van der Waals surface area contributed by atoms with Gasteiger partial charge in [0.1, 0.15) is 0 Å². The first-order valence-corrected chi connectivity index (χ1v) is 6.88. The standard InChI is InChI=1S/C13H16N2O2S/c1-9-4-5-10(14)11(7-9)18-8-13(17)15-6-2-3-12(15)16/h4-5,7H,2-3,6,8,14H2,1H3. The molecule has 1 aromatic carbocycles. The number of anilines is 1. The molecule has 1 heterocycles. The third kappa shape index (κ3) is 2.85. The Morgan fingerprint density at radius 3 is 2.94 bits per heavy atom. The van der Waals surface area contributed by atoms with Crippen LogP contribution in [-0.4, -0.2) is 29.0 Å². The van der Waals surface area contributed by atoms with Gasteiger partial charge in [-0.25, -0.2) is 0 Å². The van der Waals surface area contributed by atoms with Gasteiger partial charge in [-0.3, -0.25) is 14.5 Å². The minimum atomic E-state index is -0.122. The molecule has 2 amide bonds. The summed E-state index contributed by atoms with van der Waals surface area (Å²) in [5, 5.41) is 0. The fraction of sp³-hybridized carbons (Fsp3) is 0.385. The number of aryl methyl sites for hydroxylation is 1. The highest BCUT2D eigenvalue weighted by molar-refractivity contribution is 8.00. The molecule has 5 heteroatoms. The van der Waals surface area contributed by atoms with E-state index in [0.717, 1.165) is 16.9 Å². The van der Waals surface area contributed by atoms with Crippen molar-refractivity contribution in [3.63, 3.8) is 0 Å². The molecule has 1 aromatic rings. The first kappa shape index (κ1) is 13.0. The van der Waals surface area contributed by atoms with Crippen molar-refractivity contribution >= 4 is 29.3 Å². The number of hydrogen-bond donors (Lipinski definition) is 1. The molecule has 1 fully saturated rings. The normalized spacial score (nSPS) is 15.2. The highest BCUT2D eigenvalue weighted by Crippen LogP contribution is 2.26. The molecule has 0 radical (unpaired) electrons. The third-order valence-corrected chi connectivity index (χ3v) is 3.95. The van der Waals surface area contributed by atoms with E-state index in [9.17, 15) is 9.59 Å². The Morgan fingerprint density at radius 2 is 2.28 bits per heavy atom. The lowest BCUT2D eigenvalue weighted by atomic mass is 10.2. The number of nitrogen functional groups attached to an aromatic ring is 1. The molecule has 18 heavy (non-hydrogen) atoms. The van der Waals surface area contributed by atoms with Gasteiger partial charge in [0.15, 0.2) is 0 Å². The van der Waals surface area contributed by atoms with Crippen LogP contribution >= 0.6 is 11.8 Å². The van der Waals surface area contributed by atoms with Gasteiger partial charge in [0.2, 0.25) is 11.8 Å². The topological polar surface area (TPSA) is 63.4 Å². The summed E-state index contributed by atoms with van der Waals surface area (Å²) < 4.78 is 0. The molecule has 1 saturated heterocycles. The summed E-state index contributed by atoms with van der Waals surface area (Å²) in [7, 11) is 0. The number of hydrogen-bond acceptors (Lipinski definition) is 4. The highest BCUT2D eigenvalue weighted by Gasteiger charge is 2.26. The van der Waals surface area contributed by atoms with Gasteiger partial charge in [0, 0.05) is 23.5 Å². The fourth-order valence-electron chi connectivity index (χ4n) is 1.90. The molecule has 4 nitrogen and oxygen atoms in total. The summed E-state index contributed by atoms with van der Waals surface area (Å²) in [6, 6.07) is 5.73. The van der Waals surface area contributed by atoms with Crippen LogP contribution in [0.5, 0.6) is 0 Å². The van der Waals surface area contributed by atoms with Crippen LogP contribution in [0.1, 0.15) is 18.4 Å². The first-order chi connectivity index (χ1) is 8.58. The summed E-state index contributed by atoms with van der Waals surface area (Å²) in [5.41, 5.74) is 7.62. The van der Waals surface area contributed by atoms with E-state index >= 15 is 0 Å². The maximum Gasteiger partial charge on any atom is 0.239 e. The number of rotatable bonds is 3. The Balaban J connectivity index is 1.97. The molecule has 1 aliphatic rings. The van der Waals surface area contributed by atoms with E-state index in [1.807, 2.05) is 25.1 Å². The van der Waals surface area contributed by atoms with Crippen LogP contribution in [0.4, 0.5) is 5.69 Å². The lowest BCUT2D eigenvalue weighted by Crippen LogP contribution is -2.33. The van der Waals surface area contributed by atoms with Crippen molar-refractivity contribution < 1.29 is 9.59 Å². The van der Waals surface area contributed by atoms with Crippen LogP contribution in [0.3, 0.4) is 0 Å². The van der Waals surface area contributed by atoms with Gasteiger partial charge in [0.25, 0.3) is 0 Å². The Hall–Kier alpha value is -1.49.